The van der Waals surface area contributed by atoms with Crippen molar-refractivity contribution in [3.8, 4) is 0 Å². The van der Waals surface area contributed by atoms with Crippen LogP contribution in [-0.4, -0.2) is 6.04 Å². The van der Waals surface area contributed by atoms with Gasteiger partial charge >= 0.3 is 0 Å². The first-order valence-corrected chi connectivity index (χ1v) is 5.13. The second kappa shape index (κ2) is 4.18. The van der Waals surface area contributed by atoms with Crippen molar-refractivity contribution in [2.24, 2.45) is 0 Å². The van der Waals surface area contributed by atoms with Gasteiger partial charge in [-0.15, -0.1) is 0 Å². The Kier molecular flexibility index (Phi) is 2.72. The lowest BCUT2D eigenvalue weighted by atomic mass is 10.0. The van der Waals surface area contributed by atoms with Gasteiger partial charge in [-0.25, -0.2) is 0 Å². The Morgan fingerprint density at radius 2 is 2.00 bits per heavy atom. The summed E-state index contributed by atoms with van der Waals surface area (Å²) in [5.74, 6) is 0. The Hall–Kier alpha value is -1.76. The third-order valence-corrected chi connectivity index (χ3v) is 2.58. The SMILES string of the molecule is C=C1C=CC=CC1Nc1ccccc1C. The van der Waals surface area contributed by atoms with Crippen molar-refractivity contribution in [2.45, 2.75) is 13.0 Å². The second-order valence-corrected chi connectivity index (χ2v) is 3.76. The molecule has 1 atom stereocenters. The van der Waals surface area contributed by atoms with Crippen molar-refractivity contribution in [1.82, 2.24) is 0 Å². The molecule has 1 aliphatic rings. The fraction of sp³-hybridized carbons (Fsp3) is 0.143. The van der Waals surface area contributed by atoms with E-state index in [2.05, 4.69) is 37.0 Å². The van der Waals surface area contributed by atoms with Crippen molar-refractivity contribution < 1.29 is 0 Å². The van der Waals surface area contributed by atoms with Gasteiger partial charge in [0.1, 0.15) is 0 Å². The van der Waals surface area contributed by atoms with E-state index in [9.17, 15) is 0 Å². The molecule has 0 bridgehead atoms. The average Bonchev–Trinajstić information content (AvgIpc) is 2.24. The van der Waals surface area contributed by atoms with E-state index in [0.29, 0.717) is 0 Å². The average molecular weight is 197 g/mol. The summed E-state index contributed by atoms with van der Waals surface area (Å²) in [5.41, 5.74) is 3.53. The highest BCUT2D eigenvalue weighted by Gasteiger charge is 2.09. The summed E-state index contributed by atoms with van der Waals surface area (Å²) in [4.78, 5) is 0. The molecule has 1 nitrogen and oxygen atoms in total. The first kappa shape index (κ1) is 9.78. The maximum atomic E-state index is 4.02. The van der Waals surface area contributed by atoms with E-state index in [4.69, 9.17) is 0 Å². The molecule has 0 saturated heterocycles. The zero-order chi connectivity index (χ0) is 10.7. The Labute approximate surface area is 90.8 Å². The van der Waals surface area contributed by atoms with Gasteiger partial charge in [0.05, 0.1) is 6.04 Å². The quantitative estimate of drug-likeness (QED) is 0.765. The fourth-order valence-corrected chi connectivity index (χ4v) is 1.62. The van der Waals surface area contributed by atoms with Gasteiger partial charge in [0.15, 0.2) is 0 Å². The van der Waals surface area contributed by atoms with Crippen LogP contribution in [0.25, 0.3) is 0 Å². The maximum Gasteiger partial charge on any atom is 0.0695 e. The summed E-state index contributed by atoms with van der Waals surface area (Å²) in [5, 5.41) is 3.46. The number of allylic oxidation sites excluding steroid dienone is 2. The summed E-state index contributed by atoms with van der Waals surface area (Å²) in [6, 6.07) is 8.50. The third kappa shape index (κ3) is 2.18. The van der Waals surface area contributed by atoms with Crippen molar-refractivity contribution in [3.05, 3.63) is 66.3 Å². The second-order valence-electron chi connectivity index (χ2n) is 3.76. The molecule has 1 heteroatoms. The molecule has 1 N–H and O–H groups in total. The molecular formula is C14H15N. The first-order chi connectivity index (χ1) is 7.27. The number of benzene rings is 1. The van der Waals surface area contributed by atoms with Crippen LogP contribution >= 0.6 is 0 Å². The summed E-state index contributed by atoms with van der Waals surface area (Å²) in [7, 11) is 0. The Bertz CT molecular complexity index is 427. The highest BCUT2D eigenvalue weighted by molar-refractivity contribution is 5.54. The molecule has 1 unspecified atom stereocenters. The molecule has 2 rings (SSSR count). The highest BCUT2D eigenvalue weighted by atomic mass is 14.9. The highest BCUT2D eigenvalue weighted by Crippen LogP contribution is 2.19. The summed E-state index contributed by atoms with van der Waals surface area (Å²) in [6.45, 7) is 6.13. The number of nitrogens with one attached hydrogen (secondary N) is 1. The van der Waals surface area contributed by atoms with Crippen LogP contribution in [0.4, 0.5) is 5.69 Å². The molecule has 76 valence electrons. The lowest BCUT2D eigenvalue weighted by molar-refractivity contribution is 1.04. The third-order valence-electron chi connectivity index (χ3n) is 2.58. The van der Waals surface area contributed by atoms with E-state index >= 15 is 0 Å². The smallest absolute Gasteiger partial charge is 0.0695 e. The minimum Gasteiger partial charge on any atom is -0.375 e. The maximum absolute atomic E-state index is 4.02. The minimum absolute atomic E-state index is 0.219. The molecule has 1 aromatic rings. The van der Waals surface area contributed by atoms with Gasteiger partial charge in [0.25, 0.3) is 0 Å². The van der Waals surface area contributed by atoms with Gasteiger partial charge in [-0.2, -0.15) is 0 Å². The topological polar surface area (TPSA) is 12.0 Å². The number of para-hydroxylation sites is 1. The van der Waals surface area contributed by atoms with Crippen LogP contribution in [0.2, 0.25) is 0 Å². The van der Waals surface area contributed by atoms with Crippen LogP contribution in [0.15, 0.2) is 60.7 Å². The van der Waals surface area contributed by atoms with Crippen LogP contribution in [0.1, 0.15) is 5.56 Å². The molecule has 0 amide bonds. The molecule has 0 aromatic heterocycles. The molecule has 1 aliphatic carbocycles. The van der Waals surface area contributed by atoms with Gasteiger partial charge < -0.3 is 5.32 Å². The van der Waals surface area contributed by atoms with Gasteiger partial charge in [-0.1, -0.05) is 49.1 Å². The monoisotopic (exact) mass is 197 g/mol. The molecule has 0 fully saturated rings. The largest absolute Gasteiger partial charge is 0.375 e. The molecule has 0 radical (unpaired) electrons. The summed E-state index contributed by atoms with van der Waals surface area (Å²) < 4.78 is 0. The number of rotatable bonds is 2. The molecule has 0 heterocycles. The Morgan fingerprint density at radius 3 is 2.73 bits per heavy atom. The normalized spacial score (nSPS) is 19.3. The van der Waals surface area contributed by atoms with Crippen LogP contribution in [0, 0.1) is 6.92 Å². The summed E-state index contributed by atoms with van der Waals surface area (Å²) >= 11 is 0. The fourth-order valence-electron chi connectivity index (χ4n) is 1.62. The van der Waals surface area contributed by atoms with Crippen LogP contribution in [-0.2, 0) is 0 Å². The number of aryl methyl sites for hydroxylation is 1. The number of hydrogen-bond donors (Lipinski definition) is 1. The molecule has 0 saturated carbocycles. The van der Waals surface area contributed by atoms with Crippen molar-refractivity contribution in [2.75, 3.05) is 5.32 Å². The van der Waals surface area contributed by atoms with E-state index in [0.717, 1.165) is 5.57 Å². The van der Waals surface area contributed by atoms with E-state index in [-0.39, 0.29) is 6.04 Å². The van der Waals surface area contributed by atoms with E-state index in [1.807, 2.05) is 30.4 Å². The molecular weight excluding hydrogens is 182 g/mol. The van der Waals surface area contributed by atoms with Gasteiger partial charge in [0.2, 0.25) is 0 Å². The van der Waals surface area contributed by atoms with Crippen LogP contribution in [0.3, 0.4) is 0 Å². The lowest BCUT2D eigenvalue weighted by Crippen LogP contribution is -2.19. The van der Waals surface area contributed by atoms with Gasteiger partial charge in [0, 0.05) is 5.69 Å². The van der Waals surface area contributed by atoms with Crippen LogP contribution in [0.5, 0.6) is 0 Å². The van der Waals surface area contributed by atoms with Gasteiger partial charge in [-0.3, -0.25) is 0 Å². The molecule has 0 spiro atoms. The van der Waals surface area contributed by atoms with Crippen LogP contribution < -0.4 is 5.32 Å². The number of anilines is 1. The Morgan fingerprint density at radius 1 is 1.20 bits per heavy atom. The van der Waals surface area contributed by atoms with Crippen molar-refractivity contribution in [3.63, 3.8) is 0 Å². The van der Waals surface area contributed by atoms with Crippen molar-refractivity contribution >= 4 is 5.69 Å². The first-order valence-electron chi connectivity index (χ1n) is 5.13. The number of hydrogen-bond acceptors (Lipinski definition) is 1. The minimum atomic E-state index is 0.219. The zero-order valence-electron chi connectivity index (χ0n) is 8.90. The molecule has 1 aromatic carbocycles. The Balaban J connectivity index is 2.16. The molecule has 15 heavy (non-hydrogen) atoms. The lowest BCUT2D eigenvalue weighted by Gasteiger charge is -2.20. The summed E-state index contributed by atoms with van der Waals surface area (Å²) in [6.07, 6.45) is 8.22. The predicted octanol–water partition coefficient (Wildman–Crippen LogP) is 3.46. The van der Waals surface area contributed by atoms with Gasteiger partial charge in [-0.05, 0) is 24.1 Å². The zero-order valence-corrected chi connectivity index (χ0v) is 8.90. The standard InChI is InChI=1S/C14H15N/c1-11-7-3-5-9-13(11)15-14-10-6-4-8-12(14)2/h3-10,13,15H,1H2,2H3. The molecule has 0 aliphatic heterocycles. The van der Waals surface area contributed by atoms with E-state index in [1.165, 1.54) is 11.3 Å². The van der Waals surface area contributed by atoms with Crippen molar-refractivity contribution in [1.29, 1.82) is 0 Å². The van der Waals surface area contributed by atoms with E-state index in [1.54, 1.807) is 0 Å². The van der Waals surface area contributed by atoms with E-state index < -0.39 is 0 Å². The predicted molar refractivity (Wildman–Crippen MR) is 66.0 cm³/mol.